The zero-order chi connectivity index (χ0) is 24.8. The van der Waals surface area contributed by atoms with E-state index in [9.17, 15) is 31.1 Å². The van der Waals surface area contributed by atoms with Crippen molar-refractivity contribution in [1.29, 1.82) is 0 Å². The van der Waals surface area contributed by atoms with Gasteiger partial charge in [-0.05, 0) is 18.2 Å². The third-order valence-corrected chi connectivity index (χ3v) is 5.06. The number of amides is 1. The number of methoxy groups -OCH3 is 1. The maximum atomic E-state index is 13.0. The fourth-order valence-corrected chi connectivity index (χ4v) is 3.46. The van der Waals surface area contributed by atoms with E-state index in [0.29, 0.717) is 17.8 Å². The first-order chi connectivity index (χ1) is 15.4. The van der Waals surface area contributed by atoms with Crippen molar-refractivity contribution in [2.24, 2.45) is 5.92 Å². The van der Waals surface area contributed by atoms with Crippen LogP contribution in [0.15, 0.2) is 36.5 Å². The second-order valence-electron chi connectivity index (χ2n) is 7.15. The van der Waals surface area contributed by atoms with E-state index in [2.05, 4.69) is 10.3 Å². The molecule has 1 amide bonds. The van der Waals surface area contributed by atoms with Gasteiger partial charge in [-0.2, -0.15) is 26.3 Å². The highest BCUT2D eigenvalue weighted by molar-refractivity contribution is 5.70. The second-order valence-corrected chi connectivity index (χ2v) is 7.15. The highest BCUT2D eigenvalue weighted by Gasteiger charge is 2.51. The number of aliphatic hydroxyl groups is 1. The van der Waals surface area contributed by atoms with Crippen LogP contribution in [0.4, 0.5) is 32.0 Å². The highest BCUT2D eigenvalue weighted by atomic mass is 19.4. The number of hydrogen-bond acceptors (Lipinski definition) is 5. The lowest BCUT2D eigenvalue weighted by molar-refractivity contribution is -0.215. The van der Waals surface area contributed by atoms with Gasteiger partial charge in [-0.25, -0.2) is 0 Å². The summed E-state index contributed by atoms with van der Waals surface area (Å²) in [5.41, 5.74) is 0.283. The van der Waals surface area contributed by atoms with Crippen LogP contribution in [0.5, 0.6) is 5.75 Å². The molecule has 0 saturated carbocycles. The monoisotopic (exact) mass is 480 g/mol. The molecule has 3 atom stereocenters. The summed E-state index contributed by atoms with van der Waals surface area (Å²) < 4.78 is 87.0. The number of nitrogens with one attached hydrogen (secondary N) is 1. The molecular formula is C21H22F6N2O4. The van der Waals surface area contributed by atoms with Gasteiger partial charge >= 0.3 is 12.4 Å². The number of aliphatic hydroxyl groups excluding tert-OH is 1. The van der Waals surface area contributed by atoms with Crippen LogP contribution in [0, 0.1) is 5.92 Å². The standard InChI is InChI=1S/C14H14F6O2.C7H8N2O2/c1-7-9(6-22-12(7)14(18,19)20)8-4-3-5-10(11(8)21-2)13(15,16)17;10-4-7-2-1-6(3-8-7)9-5-11/h3-5,7,9,12H,6H2,1-2H3;1-3,5,10H,4H2,(H,9,11). The van der Waals surface area contributed by atoms with E-state index in [-0.39, 0.29) is 18.8 Å². The summed E-state index contributed by atoms with van der Waals surface area (Å²) in [5.74, 6) is -2.26. The van der Waals surface area contributed by atoms with Gasteiger partial charge in [0.1, 0.15) is 5.75 Å². The maximum absolute atomic E-state index is 13.0. The fraction of sp³-hybridized carbons (Fsp3) is 0.429. The van der Waals surface area contributed by atoms with Crippen LogP contribution in [0.3, 0.4) is 0 Å². The smallest absolute Gasteiger partial charge is 0.419 e. The third kappa shape index (κ3) is 6.57. The van der Waals surface area contributed by atoms with Gasteiger partial charge in [-0.15, -0.1) is 0 Å². The van der Waals surface area contributed by atoms with Gasteiger partial charge in [0.2, 0.25) is 6.41 Å². The lowest BCUT2D eigenvalue weighted by atomic mass is 9.85. The Hall–Kier alpha value is -2.86. The maximum Gasteiger partial charge on any atom is 0.419 e. The average molecular weight is 480 g/mol. The van der Waals surface area contributed by atoms with Gasteiger partial charge < -0.3 is 19.9 Å². The van der Waals surface area contributed by atoms with E-state index in [0.717, 1.165) is 19.2 Å². The number of carbonyl (C=O) groups excluding carboxylic acids is 1. The van der Waals surface area contributed by atoms with E-state index in [1.54, 1.807) is 12.1 Å². The van der Waals surface area contributed by atoms with Gasteiger partial charge in [0.25, 0.3) is 0 Å². The van der Waals surface area contributed by atoms with Gasteiger partial charge in [0, 0.05) is 17.4 Å². The summed E-state index contributed by atoms with van der Waals surface area (Å²) in [6.45, 7) is 0.930. The summed E-state index contributed by atoms with van der Waals surface area (Å²) in [6.07, 6.45) is -9.12. The number of rotatable bonds is 5. The molecule has 0 aliphatic carbocycles. The van der Waals surface area contributed by atoms with Gasteiger partial charge in [-0.1, -0.05) is 19.1 Å². The Morgan fingerprint density at radius 2 is 1.91 bits per heavy atom. The third-order valence-electron chi connectivity index (χ3n) is 5.06. The number of nitrogens with zero attached hydrogens (tertiary/aromatic N) is 1. The van der Waals surface area contributed by atoms with E-state index >= 15 is 0 Å². The van der Waals surface area contributed by atoms with Gasteiger partial charge in [-0.3, -0.25) is 9.78 Å². The van der Waals surface area contributed by atoms with E-state index < -0.39 is 41.6 Å². The van der Waals surface area contributed by atoms with Crippen LogP contribution in [-0.4, -0.2) is 42.5 Å². The number of anilines is 1. The first kappa shape index (κ1) is 26.4. The molecule has 1 saturated heterocycles. The Labute approximate surface area is 185 Å². The number of ether oxygens (including phenoxy) is 2. The Morgan fingerprint density at radius 3 is 2.36 bits per heavy atom. The van der Waals surface area contributed by atoms with Crippen LogP contribution in [0.2, 0.25) is 0 Å². The molecule has 1 aromatic carbocycles. The Bertz CT molecular complexity index is 918. The van der Waals surface area contributed by atoms with Crippen LogP contribution in [0.25, 0.3) is 0 Å². The normalized spacial score (nSPS) is 20.6. The molecule has 0 bridgehead atoms. The minimum absolute atomic E-state index is 0.0802. The lowest BCUT2D eigenvalue weighted by Crippen LogP contribution is -2.33. The molecule has 6 nitrogen and oxygen atoms in total. The lowest BCUT2D eigenvalue weighted by Gasteiger charge is -2.23. The molecule has 33 heavy (non-hydrogen) atoms. The largest absolute Gasteiger partial charge is 0.496 e. The van der Waals surface area contributed by atoms with Crippen LogP contribution >= 0.6 is 0 Å². The average Bonchev–Trinajstić information content (AvgIpc) is 3.15. The number of benzene rings is 1. The van der Waals surface area contributed by atoms with Crippen molar-refractivity contribution in [2.45, 2.75) is 37.9 Å². The predicted octanol–water partition coefficient (Wildman–Crippen LogP) is 4.54. The van der Waals surface area contributed by atoms with Crippen molar-refractivity contribution in [3.63, 3.8) is 0 Å². The van der Waals surface area contributed by atoms with Crippen molar-refractivity contribution in [1.82, 2.24) is 4.98 Å². The number of para-hydroxylation sites is 1. The highest BCUT2D eigenvalue weighted by Crippen LogP contribution is 2.47. The van der Waals surface area contributed by atoms with E-state index in [1.807, 2.05) is 0 Å². The number of pyridine rings is 1. The molecule has 2 aromatic rings. The number of aromatic nitrogens is 1. The predicted molar refractivity (Wildman–Crippen MR) is 106 cm³/mol. The molecule has 1 aliphatic heterocycles. The first-order valence-electron chi connectivity index (χ1n) is 9.62. The first-order valence-corrected chi connectivity index (χ1v) is 9.62. The summed E-state index contributed by atoms with van der Waals surface area (Å²) in [5, 5.41) is 11.0. The SMILES string of the molecule is COc1c(C2COC(C(F)(F)F)C2C)cccc1C(F)(F)F.O=CNc1ccc(CO)nc1. The molecular weight excluding hydrogens is 458 g/mol. The van der Waals surface area contributed by atoms with Crippen molar-refractivity contribution in [2.75, 3.05) is 19.0 Å². The zero-order valence-corrected chi connectivity index (χ0v) is 17.6. The quantitative estimate of drug-likeness (QED) is 0.485. The molecule has 1 aromatic heterocycles. The minimum atomic E-state index is -4.65. The zero-order valence-electron chi connectivity index (χ0n) is 17.6. The molecule has 1 fully saturated rings. The number of hydrogen-bond donors (Lipinski definition) is 2. The van der Waals surface area contributed by atoms with E-state index in [4.69, 9.17) is 14.6 Å². The molecule has 182 valence electrons. The molecule has 0 spiro atoms. The Morgan fingerprint density at radius 1 is 1.21 bits per heavy atom. The summed E-state index contributed by atoms with van der Waals surface area (Å²) in [4.78, 5) is 13.8. The Balaban J connectivity index is 0.000000294. The number of carbonyl (C=O) groups is 1. The van der Waals surface area contributed by atoms with Crippen LogP contribution < -0.4 is 10.1 Å². The molecule has 0 radical (unpaired) electrons. The van der Waals surface area contributed by atoms with Crippen LogP contribution in [0.1, 0.15) is 29.7 Å². The second kappa shape index (κ2) is 10.8. The molecule has 3 rings (SSSR count). The minimum Gasteiger partial charge on any atom is -0.496 e. The van der Waals surface area contributed by atoms with Crippen molar-refractivity contribution >= 4 is 12.1 Å². The molecule has 3 unspecified atom stereocenters. The molecule has 12 heteroatoms. The van der Waals surface area contributed by atoms with Crippen molar-refractivity contribution < 1.29 is 45.7 Å². The van der Waals surface area contributed by atoms with Gasteiger partial charge in [0.15, 0.2) is 6.10 Å². The fourth-order valence-electron chi connectivity index (χ4n) is 3.46. The molecule has 1 aliphatic rings. The summed E-state index contributed by atoms with van der Waals surface area (Å²) >= 11 is 0. The molecule has 2 N–H and O–H groups in total. The Kier molecular flexibility index (Phi) is 8.67. The topological polar surface area (TPSA) is 80.7 Å². The van der Waals surface area contributed by atoms with Gasteiger partial charge in [0.05, 0.1) is 43.5 Å². The van der Waals surface area contributed by atoms with Crippen LogP contribution in [-0.2, 0) is 22.3 Å². The number of halogens is 6. The van der Waals surface area contributed by atoms with E-state index in [1.165, 1.54) is 19.2 Å². The number of alkyl halides is 6. The summed E-state index contributed by atoms with van der Waals surface area (Å²) in [6, 6.07) is 6.66. The summed E-state index contributed by atoms with van der Waals surface area (Å²) in [7, 11) is 1.07. The molecule has 2 heterocycles. The van der Waals surface area contributed by atoms with Crippen molar-refractivity contribution in [3.05, 3.63) is 53.3 Å². The van der Waals surface area contributed by atoms with Crippen molar-refractivity contribution in [3.8, 4) is 5.75 Å².